The van der Waals surface area contributed by atoms with Gasteiger partial charge in [0.15, 0.2) is 17.5 Å². The van der Waals surface area contributed by atoms with E-state index in [9.17, 15) is 0 Å². The molecule has 0 atom stereocenters. The third-order valence-corrected chi connectivity index (χ3v) is 4.87. The summed E-state index contributed by atoms with van der Waals surface area (Å²) in [4.78, 5) is 4.51. The van der Waals surface area contributed by atoms with Gasteiger partial charge in [-0.1, -0.05) is 0 Å². The third kappa shape index (κ3) is 3.47. The summed E-state index contributed by atoms with van der Waals surface area (Å²) < 4.78 is 13.3. The number of fused-ring (bicyclic) bond motifs is 2. The zero-order valence-corrected chi connectivity index (χ0v) is 15.1. The lowest BCUT2D eigenvalue weighted by Gasteiger charge is -2.12. The van der Waals surface area contributed by atoms with Crippen LogP contribution in [0.5, 0.6) is 11.5 Å². The first-order chi connectivity index (χ1) is 12.7. The van der Waals surface area contributed by atoms with E-state index < -0.39 is 0 Å². The fourth-order valence-electron chi connectivity index (χ4n) is 3.53. The zero-order chi connectivity index (χ0) is 17.9. The second-order valence-corrected chi connectivity index (χ2v) is 6.74. The van der Waals surface area contributed by atoms with Crippen LogP contribution in [0.2, 0.25) is 0 Å². The Morgan fingerprint density at radius 1 is 1.19 bits per heavy atom. The molecule has 0 saturated heterocycles. The van der Waals surface area contributed by atoms with E-state index in [1.165, 1.54) is 24.1 Å². The molecule has 0 spiro atoms. The third-order valence-electron chi connectivity index (χ3n) is 4.87. The number of nitrogens with two attached hydrogens (primary N) is 1. The van der Waals surface area contributed by atoms with E-state index in [1.54, 1.807) is 0 Å². The van der Waals surface area contributed by atoms with Crippen LogP contribution in [0.15, 0.2) is 23.2 Å². The lowest BCUT2D eigenvalue weighted by molar-refractivity contribution is 0.297. The Morgan fingerprint density at radius 2 is 2.00 bits per heavy atom. The maximum atomic E-state index is 6.09. The number of hydrogen-bond donors (Lipinski definition) is 2. The smallest absolute Gasteiger partial charge is 0.193 e. The summed E-state index contributed by atoms with van der Waals surface area (Å²) in [6, 6.07) is 5.71. The number of aliphatic imine (C=N–C) groups is 1. The van der Waals surface area contributed by atoms with Crippen molar-refractivity contribution < 1.29 is 9.47 Å². The molecule has 7 nitrogen and oxygen atoms in total. The molecule has 0 amide bonds. The SMILES string of the molecule is Cn1nc2c(c1CN=C(N)Nc1ccc3c(c1)OCCCO3)CCCC2. The molecular formula is C19H25N5O2. The van der Waals surface area contributed by atoms with Crippen LogP contribution in [0.4, 0.5) is 5.69 Å². The number of aryl methyl sites for hydroxylation is 2. The van der Waals surface area contributed by atoms with Crippen LogP contribution in [0.25, 0.3) is 0 Å². The average Bonchev–Trinajstić information content (AvgIpc) is 2.79. The van der Waals surface area contributed by atoms with Crippen molar-refractivity contribution in [3.05, 3.63) is 35.2 Å². The van der Waals surface area contributed by atoms with Gasteiger partial charge in [0.25, 0.3) is 0 Å². The number of ether oxygens (including phenoxy) is 2. The Labute approximate surface area is 153 Å². The predicted molar refractivity (Wildman–Crippen MR) is 101 cm³/mol. The number of hydrogen-bond acceptors (Lipinski definition) is 4. The minimum Gasteiger partial charge on any atom is -0.490 e. The molecule has 1 aliphatic heterocycles. The molecule has 2 aromatic rings. The molecule has 1 aromatic carbocycles. The Kier molecular flexibility index (Phi) is 4.69. The van der Waals surface area contributed by atoms with Crippen molar-refractivity contribution in [3.8, 4) is 11.5 Å². The van der Waals surface area contributed by atoms with Crippen LogP contribution in [0, 0.1) is 0 Å². The van der Waals surface area contributed by atoms with Gasteiger partial charge in [0.2, 0.25) is 0 Å². The van der Waals surface area contributed by atoms with Crippen LogP contribution in [-0.4, -0.2) is 29.0 Å². The van der Waals surface area contributed by atoms with Crippen molar-refractivity contribution in [1.82, 2.24) is 9.78 Å². The summed E-state index contributed by atoms with van der Waals surface area (Å²) in [6.07, 6.45) is 5.48. The molecule has 138 valence electrons. The highest BCUT2D eigenvalue weighted by molar-refractivity contribution is 5.92. The molecule has 3 N–H and O–H groups in total. The highest BCUT2D eigenvalue weighted by Crippen LogP contribution is 2.32. The number of guanidine groups is 1. The lowest BCUT2D eigenvalue weighted by atomic mass is 9.96. The molecule has 0 fully saturated rings. The first-order valence-electron chi connectivity index (χ1n) is 9.21. The van der Waals surface area contributed by atoms with Crippen molar-refractivity contribution in [2.24, 2.45) is 17.8 Å². The quantitative estimate of drug-likeness (QED) is 0.652. The first-order valence-corrected chi connectivity index (χ1v) is 9.21. The van der Waals surface area contributed by atoms with Gasteiger partial charge in [0.1, 0.15) is 0 Å². The number of nitrogens with zero attached hydrogens (tertiary/aromatic N) is 3. The molecule has 0 unspecified atom stereocenters. The lowest BCUT2D eigenvalue weighted by Crippen LogP contribution is -2.23. The van der Waals surface area contributed by atoms with Crippen molar-refractivity contribution in [1.29, 1.82) is 0 Å². The molecule has 1 aromatic heterocycles. The van der Waals surface area contributed by atoms with Crippen LogP contribution in [0.3, 0.4) is 0 Å². The Bertz CT molecular complexity index is 828. The first kappa shape index (κ1) is 16.8. The van der Waals surface area contributed by atoms with Gasteiger partial charge in [-0.15, -0.1) is 0 Å². The fourth-order valence-corrected chi connectivity index (χ4v) is 3.53. The second kappa shape index (κ2) is 7.27. The van der Waals surface area contributed by atoms with Crippen LogP contribution in [-0.2, 0) is 26.4 Å². The van der Waals surface area contributed by atoms with Gasteiger partial charge < -0.3 is 20.5 Å². The van der Waals surface area contributed by atoms with Crippen molar-refractivity contribution in [3.63, 3.8) is 0 Å². The van der Waals surface area contributed by atoms with Gasteiger partial charge in [-0.25, -0.2) is 4.99 Å². The topological polar surface area (TPSA) is 86.7 Å². The van der Waals surface area contributed by atoms with Gasteiger partial charge in [-0.2, -0.15) is 5.10 Å². The zero-order valence-electron chi connectivity index (χ0n) is 15.1. The maximum absolute atomic E-state index is 6.09. The molecular weight excluding hydrogens is 330 g/mol. The number of rotatable bonds is 3. The predicted octanol–water partition coefficient (Wildman–Crippen LogP) is 2.39. The van der Waals surface area contributed by atoms with Crippen LogP contribution < -0.4 is 20.5 Å². The van der Waals surface area contributed by atoms with Crippen molar-refractivity contribution in [2.75, 3.05) is 18.5 Å². The maximum Gasteiger partial charge on any atom is 0.193 e. The summed E-state index contributed by atoms with van der Waals surface area (Å²) in [5, 5.41) is 7.76. The monoisotopic (exact) mass is 355 g/mol. The molecule has 2 aliphatic rings. The minimum absolute atomic E-state index is 0.380. The summed E-state index contributed by atoms with van der Waals surface area (Å²) in [6.45, 7) is 1.87. The Hall–Kier alpha value is -2.70. The standard InChI is InChI=1S/C19H25N5O2/c1-24-16(14-5-2-3-6-15(14)23-24)12-21-19(20)22-13-7-8-17-18(11-13)26-10-4-9-25-17/h7-8,11H,2-6,9-10,12H2,1H3,(H3,20,21,22). The number of nitrogens with one attached hydrogen (secondary N) is 1. The van der Waals surface area contributed by atoms with Crippen LogP contribution in [0.1, 0.15) is 36.2 Å². The minimum atomic E-state index is 0.380. The molecule has 1 aliphatic carbocycles. The molecule has 4 rings (SSSR count). The highest BCUT2D eigenvalue weighted by Gasteiger charge is 2.18. The van der Waals surface area contributed by atoms with E-state index in [4.69, 9.17) is 15.2 Å². The van der Waals surface area contributed by atoms with Crippen molar-refractivity contribution >= 4 is 11.6 Å². The molecule has 0 bridgehead atoms. The molecule has 0 saturated carbocycles. The van der Waals surface area contributed by atoms with Gasteiger partial charge in [0, 0.05) is 25.2 Å². The largest absolute Gasteiger partial charge is 0.490 e. The Morgan fingerprint density at radius 3 is 2.88 bits per heavy atom. The molecule has 2 heterocycles. The van der Waals surface area contributed by atoms with Gasteiger partial charge in [0.05, 0.1) is 31.1 Å². The van der Waals surface area contributed by atoms with Gasteiger partial charge >= 0.3 is 0 Å². The normalized spacial score (nSPS) is 16.7. The van der Waals surface area contributed by atoms with E-state index >= 15 is 0 Å². The number of anilines is 1. The second-order valence-electron chi connectivity index (χ2n) is 6.74. The summed E-state index contributed by atoms with van der Waals surface area (Å²) in [5.74, 6) is 1.89. The number of aromatic nitrogens is 2. The van der Waals surface area contributed by atoms with Crippen molar-refractivity contribution in [2.45, 2.75) is 38.6 Å². The van der Waals surface area contributed by atoms with Gasteiger partial charge in [-0.3, -0.25) is 4.68 Å². The average molecular weight is 355 g/mol. The molecule has 7 heteroatoms. The summed E-state index contributed by atoms with van der Waals surface area (Å²) in [5.41, 5.74) is 10.7. The van der Waals surface area contributed by atoms with E-state index in [1.807, 2.05) is 29.9 Å². The number of benzene rings is 1. The van der Waals surface area contributed by atoms with Crippen LogP contribution >= 0.6 is 0 Å². The summed E-state index contributed by atoms with van der Waals surface area (Å²) in [7, 11) is 1.98. The molecule has 26 heavy (non-hydrogen) atoms. The Balaban J connectivity index is 1.46. The molecule has 0 radical (unpaired) electrons. The van der Waals surface area contributed by atoms with Gasteiger partial charge in [-0.05, 0) is 43.4 Å². The fraction of sp³-hybridized carbons (Fsp3) is 0.474. The van der Waals surface area contributed by atoms with E-state index in [-0.39, 0.29) is 0 Å². The van der Waals surface area contributed by atoms with E-state index in [2.05, 4.69) is 15.4 Å². The highest BCUT2D eigenvalue weighted by atomic mass is 16.5. The summed E-state index contributed by atoms with van der Waals surface area (Å²) >= 11 is 0. The van der Waals surface area contributed by atoms with E-state index in [0.717, 1.165) is 42.1 Å². The van der Waals surface area contributed by atoms with E-state index in [0.29, 0.717) is 25.7 Å².